The number of benzene rings is 1. The molecule has 0 aliphatic carbocycles. The van der Waals surface area contributed by atoms with Crippen LogP contribution >= 0.6 is 0 Å². The zero-order valence-electron chi connectivity index (χ0n) is 16.8. The van der Waals surface area contributed by atoms with Crippen molar-refractivity contribution in [2.45, 2.75) is 51.5 Å². The summed E-state index contributed by atoms with van der Waals surface area (Å²) in [6, 6.07) is 5.69. The van der Waals surface area contributed by atoms with E-state index in [2.05, 4.69) is 0 Å². The third-order valence-corrected chi connectivity index (χ3v) is 5.37. The van der Waals surface area contributed by atoms with Crippen molar-refractivity contribution in [3.63, 3.8) is 0 Å². The second-order valence-electron chi connectivity index (χ2n) is 7.30. The fourth-order valence-corrected chi connectivity index (χ4v) is 4.01. The normalized spacial score (nSPS) is 18.3. The molecule has 0 amide bonds. The van der Waals surface area contributed by atoms with Gasteiger partial charge in [0, 0.05) is 36.8 Å². The highest BCUT2D eigenvalue weighted by Gasteiger charge is 2.44. The maximum Gasteiger partial charge on any atom is 0.404 e. The molecular weight excluding hydrogens is 385 g/mol. The highest BCUT2D eigenvalue weighted by molar-refractivity contribution is 5.95. The molecule has 1 atom stereocenters. The number of nitrogens with zero attached hydrogens (tertiary/aromatic N) is 2. The monoisotopic (exact) mass is 412 g/mol. The maximum atomic E-state index is 13.5. The second kappa shape index (κ2) is 9.17. The number of carbonyl (C=O) groups excluding carboxylic acids is 1. The second-order valence-corrected chi connectivity index (χ2v) is 7.30. The van der Waals surface area contributed by atoms with Crippen molar-refractivity contribution in [2.24, 2.45) is 0 Å². The van der Waals surface area contributed by atoms with Crippen molar-refractivity contribution in [3.8, 4) is 0 Å². The van der Waals surface area contributed by atoms with Crippen molar-refractivity contribution in [3.05, 3.63) is 35.5 Å². The number of methoxy groups -OCH3 is 1. The molecule has 1 fully saturated rings. The first-order valence-electron chi connectivity index (χ1n) is 9.94. The standard InChI is InChI=1S/C21H27F3N2O3/c1-3-29-20(27)15-7-8-18-16(12-15)13-17(26(18)10-11-28-2)14-25-9-5-4-6-19(25)21(22,23)24/h7-8,12-13,19H,3-6,9-11,14H2,1-2H3. The Morgan fingerprint density at radius 1 is 1.24 bits per heavy atom. The molecule has 1 aliphatic rings. The van der Waals surface area contributed by atoms with Gasteiger partial charge in [-0.1, -0.05) is 6.42 Å². The van der Waals surface area contributed by atoms with Crippen LogP contribution in [0.15, 0.2) is 24.3 Å². The minimum atomic E-state index is -4.24. The fourth-order valence-electron chi connectivity index (χ4n) is 4.01. The number of ether oxygens (including phenoxy) is 2. The minimum Gasteiger partial charge on any atom is -0.462 e. The Hall–Kier alpha value is -2.06. The Kier molecular flexibility index (Phi) is 6.85. The Labute approximate surface area is 168 Å². The molecule has 0 bridgehead atoms. The van der Waals surface area contributed by atoms with E-state index in [9.17, 15) is 18.0 Å². The number of hydrogen-bond acceptors (Lipinski definition) is 4. The molecule has 1 saturated heterocycles. The molecule has 29 heavy (non-hydrogen) atoms. The smallest absolute Gasteiger partial charge is 0.404 e. The number of carbonyl (C=O) groups is 1. The Bertz CT molecular complexity index is 848. The van der Waals surface area contributed by atoms with Gasteiger partial charge < -0.3 is 14.0 Å². The van der Waals surface area contributed by atoms with Gasteiger partial charge in [0.25, 0.3) is 0 Å². The van der Waals surface area contributed by atoms with Crippen LogP contribution in [0.25, 0.3) is 10.9 Å². The van der Waals surface area contributed by atoms with Gasteiger partial charge in [-0.25, -0.2) is 4.79 Å². The van der Waals surface area contributed by atoms with Gasteiger partial charge in [-0.05, 0) is 50.6 Å². The zero-order chi connectivity index (χ0) is 21.0. The third-order valence-electron chi connectivity index (χ3n) is 5.37. The van der Waals surface area contributed by atoms with Gasteiger partial charge in [-0.3, -0.25) is 4.90 Å². The van der Waals surface area contributed by atoms with Crippen LogP contribution in [-0.4, -0.2) is 54.5 Å². The molecule has 2 aromatic rings. The summed E-state index contributed by atoms with van der Waals surface area (Å²) in [5.74, 6) is -0.409. The summed E-state index contributed by atoms with van der Waals surface area (Å²) in [5, 5.41) is 0.808. The number of fused-ring (bicyclic) bond motifs is 1. The van der Waals surface area contributed by atoms with Crippen LogP contribution < -0.4 is 0 Å². The molecule has 160 valence electrons. The van der Waals surface area contributed by atoms with Crippen molar-refractivity contribution in [2.75, 3.05) is 26.9 Å². The lowest BCUT2D eigenvalue weighted by Gasteiger charge is -2.36. The molecule has 0 N–H and O–H groups in total. The molecule has 1 aromatic heterocycles. The van der Waals surface area contributed by atoms with Crippen LogP contribution in [0.4, 0.5) is 13.2 Å². The van der Waals surface area contributed by atoms with Crippen LogP contribution in [0.2, 0.25) is 0 Å². The van der Waals surface area contributed by atoms with Gasteiger partial charge in [0.1, 0.15) is 6.04 Å². The predicted molar refractivity (Wildman–Crippen MR) is 104 cm³/mol. The van der Waals surface area contributed by atoms with Gasteiger partial charge in [-0.15, -0.1) is 0 Å². The lowest BCUT2D eigenvalue weighted by molar-refractivity contribution is -0.192. The third kappa shape index (κ3) is 4.93. The molecular formula is C21H27F3N2O3. The summed E-state index contributed by atoms with van der Waals surface area (Å²) in [6.45, 7) is 3.62. The number of halogens is 3. The fraction of sp³-hybridized carbons (Fsp3) is 0.571. The molecule has 2 heterocycles. The number of alkyl halides is 3. The van der Waals surface area contributed by atoms with Crippen molar-refractivity contribution < 1.29 is 27.4 Å². The van der Waals surface area contributed by atoms with E-state index in [1.165, 1.54) is 4.90 Å². The van der Waals surface area contributed by atoms with E-state index in [1.54, 1.807) is 26.2 Å². The van der Waals surface area contributed by atoms with E-state index in [0.29, 0.717) is 31.7 Å². The van der Waals surface area contributed by atoms with Crippen LogP contribution in [0.3, 0.4) is 0 Å². The number of aromatic nitrogens is 1. The average molecular weight is 412 g/mol. The Morgan fingerprint density at radius 2 is 2.03 bits per heavy atom. The van der Waals surface area contributed by atoms with Crippen molar-refractivity contribution in [1.29, 1.82) is 0 Å². The Balaban J connectivity index is 1.95. The summed E-state index contributed by atoms with van der Waals surface area (Å²) >= 11 is 0. The summed E-state index contributed by atoms with van der Waals surface area (Å²) in [7, 11) is 1.59. The molecule has 5 nitrogen and oxygen atoms in total. The first-order chi connectivity index (χ1) is 13.8. The van der Waals surface area contributed by atoms with Gasteiger partial charge in [-0.2, -0.15) is 13.2 Å². The molecule has 0 radical (unpaired) electrons. The predicted octanol–water partition coefficient (Wildman–Crippen LogP) is 4.38. The molecule has 1 unspecified atom stereocenters. The Morgan fingerprint density at radius 3 is 2.72 bits per heavy atom. The summed E-state index contributed by atoms with van der Waals surface area (Å²) in [4.78, 5) is 13.6. The zero-order valence-corrected chi connectivity index (χ0v) is 16.8. The molecule has 0 saturated carbocycles. The molecule has 3 rings (SSSR count). The molecule has 1 aromatic carbocycles. The molecule has 8 heteroatoms. The maximum absolute atomic E-state index is 13.5. The van der Waals surface area contributed by atoms with E-state index in [-0.39, 0.29) is 19.6 Å². The summed E-state index contributed by atoms with van der Waals surface area (Å²) < 4.78 is 52.7. The van der Waals surface area contributed by atoms with Gasteiger partial charge in [0.15, 0.2) is 0 Å². The van der Waals surface area contributed by atoms with Crippen molar-refractivity contribution in [1.82, 2.24) is 9.47 Å². The number of rotatable bonds is 7. The van der Waals surface area contributed by atoms with E-state index < -0.39 is 18.2 Å². The lowest BCUT2D eigenvalue weighted by Crippen LogP contribution is -2.48. The van der Waals surface area contributed by atoms with E-state index in [0.717, 1.165) is 23.0 Å². The van der Waals surface area contributed by atoms with Gasteiger partial charge >= 0.3 is 12.1 Å². The van der Waals surface area contributed by atoms with Crippen LogP contribution in [-0.2, 0) is 22.6 Å². The highest BCUT2D eigenvalue weighted by atomic mass is 19.4. The highest BCUT2D eigenvalue weighted by Crippen LogP contribution is 2.33. The average Bonchev–Trinajstić information content (AvgIpc) is 3.02. The van der Waals surface area contributed by atoms with Crippen LogP contribution in [0.1, 0.15) is 42.2 Å². The largest absolute Gasteiger partial charge is 0.462 e. The van der Waals surface area contributed by atoms with E-state index in [4.69, 9.17) is 9.47 Å². The number of hydrogen-bond donors (Lipinski definition) is 0. The minimum absolute atomic E-state index is 0.134. The first-order valence-corrected chi connectivity index (χ1v) is 9.94. The quantitative estimate of drug-likeness (QED) is 0.633. The van der Waals surface area contributed by atoms with Gasteiger partial charge in [0.05, 0.1) is 18.8 Å². The first kappa shape index (κ1) is 21.6. The van der Waals surface area contributed by atoms with Crippen molar-refractivity contribution >= 4 is 16.9 Å². The topological polar surface area (TPSA) is 43.7 Å². The number of piperidine rings is 1. The van der Waals surface area contributed by atoms with Crippen LogP contribution in [0, 0.1) is 0 Å². The molecule has 0 spiro atoms. The SMILES string of the molecule is CCOC(=O)c1ccc2c(c1)cc(CN1CCCCC1C(F)(F)F)n2CCOC. The number of esters is 1. The number of likely N-dealkylation sites (tertiary alicyclic amines) is 1. The van der Waals surface area contributed by atoms with Gasteiger partial charge in [0.2, 0.25) is 0 Å². The van der Waals surface area contributed by atoms with E-state index in [1.807, 2.05) is 16.7 Å². The van der Waals surface area contributed by atoms with Crippen LogP contribution in [0.5, 0.6) is 0 Å². The molecule has 1 aliphatic heterocycles. The summed E-state index contributed by atoms with van der Waals surface area (Å²) in [5.41, 5.74) is 2.08. The van der Waals surface area contributed by atoms with E-state index >= 15 is 0 Å². The lowest BCUT2D eigenvalue weighted by atomic mass is 10.0. The summed E-state index contributed by atoms with van der Waals surface area (Å²) in [6.07, 6.45) is -2.75.